The van der Waals surface area contributed by atoms with Crippen LogP contribution in [0.5, 0.6) is 0 Å². The second-order valence-electron chi connectivity index (χ2n) is 22.2. The van der Waals surface area contributed by atoms with Crippen molar-refractivity contribution in [2.45, 2.75) is 322 Å². The van der Waals surface area contributed by atoms with E-state index in [0.717, 1.165) is 57.8 Å². The fourth-order valence-corrected chi connectivity index (χ4v) is 9.95. The minimum atomic E-state index is -4.69. The molecule has 3 unspecified atom stereocenters. The van der Waals surface area contributed by atoms with Gasteiger partial charge in [0, 0.05) is 12.8 Å². The van der Waals surface area contributed by atoms with Crippen LogP contribution >= 0.6 is 7.82 Å². The van der Waals surface area contributed by atoms with Gasteiger partial charge in [-0.05, 0) is 31.8 Å². The predicted molar refractivity (Wildman–Crippen MR) is 298 cm³/mol. The second kappa shape index (κ2) is 51.2. The molecule has 10 heteroatoms. The summed E-state index contributed by atoms with van der Waals surface area (Å²) in [5.41, 5.74) is 0. The number of esters is 1. The normalized spacial score (nSPS) is 13.8. The molecule has 0 aromatic carbocycles. The molecule has 0 saturated heterocycles. The number of ether oxygens (including phenoxy) is 1. The van der Waals surface area contributed by atoms with Crippen molar-refractivity contribution in [1.29, 1.82) is 0 Å². The summed E-state index contributed by atoms with van der Waals surface area (Å²) in [6.07, 6.45) is 57.4. The summed E-state index contributed by atoms with van der Waals surface area (Å²) in [6.45, 7) is 6.89. The second-order valence-corrected chi connectivity index (χ2v) is 23.6. The highest BCUT2D eigenvalue weighted by Gasteiger charge is 2.27. The number of carbonyl (C=O) groups is 2. The molecule has 416 valence electrons. The highest BCUT2D eigenvalue weighted by atomic mass is 31.2. The maximum Gasteiger partial charge on any atom is 0.306 e. The molecule has 3 atom stereocenters. The van der Waals surface area contributed by atoms with E-state index in [1.807, 2.05) is 33.3 Å². The quantitative estimate of drug-likeness (QED) is 0.0212. The SMILES string of the molecule is CCCCCCCCCCCC/C=C\C(OC(=O)CCCCCCCCCCCCCCCCCCCCC)C(COP(=O)([O-])OCC[N+](C)(C)C)NC(=O)CCCCCCCCCCCCCCC. The lowest BCUT2D eigenvalue weighted by Crippen LogP contribution is -2.47. The van der Waals surface area contributed by atoms with E-state index in [9.17, 15) is 19.0 Å². The highest BCUT2D eigenvalue weighted by Crippen LogP contribution is 2.38. The van der Waals surface area contributed by atoms with E-state index in [4.69, 9.17) is 13.8 Å². The predicted octanol–water partition coefficient (Wildman–Crippen LogP) is 17.8. The molecule has 0 aromatic heterocycles. The highest BCUT2D eigenvalue weighted by molar-refractivity contribution is 7.45. The molecule has 0 radical (unpaired) electrons. The zero-order valence-corrected chi connectivity index (χ0v) is 48.4. The third-order valence-electron chi connectivity index (χ3n) is 14.0. The van der Waals surface area contributed by atoms with Gasteiger partial charge in [-0.1, -0.05) is 277 Å². The van der Waals surface area contributed by atoms with Crippen LogP contribution < -0.4 is 10.2 Å². The van der Waals surface area contributed by atoms with Gasteiger partial charge in [-0.15, -0.1) is 0 Å². The van der Waals surface area contributed by atoms with Crippen molar-refractivity contribution >= 4 is 19.7 Å². The molecule has 0 aliphatic carbocycles. The Morgan fingerprint density at radius 1 is 0.486 bits per heavy atom. The first kappa shape index (κ1) is 68.8. The molecular formula is C60H119N2O7P. The summed E-state index contributed by atoms with van der Waals surface area (Å²) in [5, 5.41) is 3.03. The van der Waals surface area contributed by atoms with Crippen LogP contribution in [-0.4, -0.2) is 69.4 Å². The van der Waals surface area contributed by atoms with Crippen LogP contribution in [0.4, 0.5) is 0 Å². The fourth-order valence-electron chi connectivity index (χ4n) is 9.23. The van der Waals surface area contributed by atoms with Crippen LogP contribution in [0.15, 0.2) is 12.2 Å². The summed E-state index contributed by atoms with van der Waals surface area (Å²) in [4.78, 5) is 39.9. The van der Waals surface area contributed by atoms with Crippen molar-refractivity contribution in [3.63, 3.8) is 0 Å². The Kier molecular flexibility index (Phi) is 50.3. The Bertz CT molecular complexity index is 1210. The van der Waals surface area contributed by atoms with E-state index in [-0.39, 0.29) is 31.5 Å². The van der Waals surface area contributed by atoms with E-state index in [1.165, 1.54) is 218 Å². The molecule has 0 bridgehead atoms. The smallest absolute Gasteiger partial charge is 0.306 e. The average Bonchev–Trinajstić information content (AvgIpc) is 3.32. The first-order valence-corrected chi connectivity index (χ1v) is 32.0. The van der Waals surface area contributed by atoms with Gasteiger partial charge in [0.05, 0.1) is 33.8 Å². The van der Waals surface area contributed by atoms with Gasteiger partial charge in [0.15, 0.2) is 0 Å². The number of hydrogen-bond donors (Lipinski definition) is 1. The molecule has 0 heterocycles. The third kappa shape index (κ3) is 51.6. The van der Waals surface area contributed by atoms with Crippen molar-refractivity contribution in [2.75, 3.05) is 40.9 Å². The van der Waals surface area contributed by atoms with Crippen molar-refractivity contribution in [3.05, 3.63) is 12.2 Å². The molecule has 0 spiro atoms. The fraction of sp³-hybridized carbons (Fsp3) is 0.933. The maximum atomic E-state index is 13.5. The Morgan fingerprint density at radius 3 is 1.17 bits per heavy atom. The van der Waals surface area contributed by atoms with Crippen LogP contribution in [0.25, 0.3) is 0 Å². The van der Waals surface area contributed by atoms with E-state index < -0.39 is 20.0 Å². The number of allylic oxidation sites excluding steroid dienone is 1. The Balaban J connectivity index is 5.21. The minimum absolute atomic E-state index is 0.0169. The van der Waals surface area contributed by atoms with Crippen LogP contribution in [-0.2, 0) is 27.9 Å². The Labute approximate surface area is 435 Å². The number of amides is 1. The van der Waals surface area contributed by atoms with Gasteiger partial charge in [0.2, 0.25) is 5.91 Å². The van der Waals surface area contributed by atoms with Gasteiger partial charge < -0.3 is 28.5 Å². The molecule has 1 amide bonds. The number of rotatable bonds is 56. The number of phosphoric acid groups is 1. The zero-order valence-electron chi connectivity index (χ0n) is 47.5. The number of nitrogens with one attached hydrogen (secondary N) is 1. The summed E-state index contributed by atoms with van der Waals surface area (Å²) in [5.74, 6) is -0.521. The Hall–Kier alpha value is -1.25. The number of likely N-dealkylation sites (N-methyl/N-ethyl adjacent to an activating group) is 1. The van der Waals surface area contributed by atoms with Gasteiger partial charge in [-0.25, -0.2) is 0 Å². The molecule has 1 N–H and O–H groups in total. The molecule has 0 aliphatic heterocycles. The van der Waals surface area contributed by atoms with Gasteiger partial charge in [-0.3, -0.25) is 14.2 Å². The molecular weight excluding hydrogens is 892 g/mol. The Morgan fingerprint density at radius 2 is 0.814 bits per heavy atom. The van der Waals surface area contributed by atoms with Gasteiger partial charge >= 0.3 is 5.97 Å². The summed E-state index contributed by atoms with van der Waals surface area (Å²) in [6, 6.07) is -0.878. The topological polar surface area (TPSA) is 114 Å². The molecule has 0 aliphatic rings. The van der Waals surface area contributed by atoms with Crippen molar-refractivity contribution in [3.8, 4) is 0 Å². The van der Waals surface area contributed by atoms with Crippen molar-refractivity contribution in [1.82, 2.24) is 5.32 Å². The lowest BCUT2D eigenvalue weighted by molar-refractivity contribution is -0.870. The van der Waals surface area contributed by atoms with Crippen molar-refractivity contribution in [2.24, 2.45) is 0 Å². The van der Waals surface area contributed by atoms with Crippen LogP contribution in [0.2, 0.25) is 0 Å². The van der Waals surface area contributed by atoms with Crippen molar-refractivity contribution < 1.29 is 37.3 Å². The summed E-state index contributed by atoms with van der Waals surface area (Å²) in [7, 11) is 1.21. The summed E-state index contributed by atoms with van der Waals surface area (Å²) < 4.78 is 30.3. The van der Waals surface area contributed by atoms with Gasteiger partial charge in [0.25, 0.3) is 7.82 Å². The monoisotopic (exact) mass is 1010 g/mol. The average molecular weight is 1010 g/mol. The summed E-state index contributed by atoms with van der Waals surface area (Å²) >= 11 is 0. The first-order chi connectivity index (χ1) is 33.9. The number of phosphoric ester groups is 1. The molecule has 0 fully saturated rings. The molecule has 0 rings (SSSR count). The number of hydrogen-bond acceptors (Lipinski definition) is 7. The van der Waals surface area contributed by atoms with Crippen LogP contribution in [0.3, 0.4) is 0 Å². The maximum absolute atomic E-state index is 13.5. The largest absolute Gasteiger partial charge is 0.756 e. The van der Waals surface area contributed by atoms with E-state index in [2.05, 4.69) is 26.1 Å². The number of quaternary nitrogens is 1. The molecule has 9 nitrogen and oxygen atoms in total. The third-order valence-corrected chi connectivity index (χ3v) is 14.9. The van der Waals surface area contributed by atoms with E-state index in [0.29, 0.717) is 17.4 Å². The number of nitrogens with zero attached hydrogens (tertiary/aromatic N) is 1. The van der Waals surface area contributed by atoms with Crippen LogP contribution in [0, 0.1) is 0 Å². The standard InChI is InChI=1S/C60H119N2O7P/c1-7-10-13-16-19-22-25-28-29-30-31-32-33-35-38-41-44-47-50-53-60(64)69-58(51-48-45-42-39-36-27-24-21-18-15-12-9-3)57(56-68-70(65,66)67-55-54-62(4,5)6)61-59(63)52-49-46-43-40-37-34-26-23-20-17-14-11-8-2/h48,51,57-58H,7-47,49-50,52-56H2,1-6H3,(H-,61,63,65,66)/b51-48-. The number of unbranched alkanes of at least 4 members (excludes halogenated alkanes) is 40. The molecule has 0 aromatic rings. The zero-order chi connectivity index (χ0) is 51.5. The van der Waals surface area contributed by atoms with Crippen LogP contribution in [0.1, 0.15) is 310 Å². The van der Waals surface area contributed by atoms with Gasteiger partial charge in [0.1, 0.15) is 19.3 Å². The molecule has 70 heavy (non-hydrogen) atoms. The minimum Gasteiger partial charge on any atom is -0.756 e. The van der Waals surface area contributed by atoms with Gasteiger partial charge in [-0.2, -0.15) is 0 Å². The first-order valence-electron chi connectivity index (χ1n) is 30.5. The van der Waals surface area contributed by atoms with E-state index in [1.54, 1.807) is 0 Å². The van der Waals surface area contributed by atoms with E-state index >= 15 is 0 Å². The number of carbonyl (C=O) groups excluding carboxylic acids is 2. The lowest BCUT2D eigenvalue weighted by atomic mass is 10.0. The molecule has 0 saturated carbocycles. The lowest BCUT2D eigenvalue weighted by Gasteiger charge is -2.30.